The Morgan fingerprint density at radius 2 is 2.25 bits per heavy atom. The van der Waals surface area contributed by atoms with Crippen LogP contribution in [0.15, 0.2) is 18.2 Å². The highest BCUT2D eigenvalue weighted by Gasteiger charge is 2.09. The van der Waals surface area contributed by atoms with Crippen LogP contribution in [0.2, 0.25) is 5.02 Å². The number of amides is 1. The lowest BCUT2D eigenvalue weighted by molar-refractivity contribution is -0.123. The minimum atomic E-state index is -0.158. The minimum Gasteiger partial charge on any atom is -0.484 e. The molecule has 1 rings (SSSR count). The molecule has 1 aromatic rings. The second kappa shape index (κ2) is 8.82. The molecule has 0 aliphatic carbocycles. The molecule has 4 nitrogen and oxygen atoms in total. The van der Waals surface area contributed by atoms with Crippen molar-refractivity contribution in [2.24, 2.45) is 5.92 Å². The Morgan fingerprint density at radius 1 is 1.50 bits per heavy atom. The van der Waals surface area contributed by atoms with Crippen molar-refractivity contribution in [3.05, 3.63) is 28.8 Å². The summed E-state index contributed by atoms with van der Waals surface area (Å²) in [5.41, 5.74) is 0.915. The van der Waals surface area contributed by atoms with Crippen molar-refractivity contribution < 1.29 is 14.6 Å². The molecule has 0 fully saturated rings. The summed E-state index contributed by atoms with van der Waals surface area (Å²) in [6.07, 6.45) is 1.63. The van der Waals surface area contributed by atoms with Crippen molar-refractivity contribution >= 4 is 17.5 Å². The monoisotopic (exact) mass is 299 g/mol. The lowest BCUT2D eigenvalue weighted by Crippen LogP contribution is -2.33. The van der Waals surface area contributed by atoms with Gasteiger partial charge in [-0.1, -0.05) is 24.9 Å². The van der Waals surface area contributed by atoms with Gasteiger partial charge in [-0.15, -0.1) is 0 Å². The molecule has 0 saturated carbocycles. The number of carbonyl (C=O) groups excluding carboxylic acids is 1. The van der Waals surface area contributed by atoms with Crippen LogP contribution in [0.4, 0.5) is 0 Å². The third-order valence-electron chi connectivity index (χ3n) is 3.20. The summed E-state index contributed by atoms with van der Waals surface area (Å²) in [5, 5.41) is 12.4. The van der Waals surface area contributed by atoms with E-state index in [1.165, 1.54) is 0 Å². The van der Waals surface area contributed by atoms with Crippen molar-refractivity contribution in [2.75, 3.05) is 19.8 Å². The maximum Gasteiger partial charge on any atom is 0.257 e. The fourth-order valence-electron chi connectivity index (χ4n) is 1.80. The molecule has 0 aliphatic rings. The maximum atomic E-state index is 11.7. The second-order valence-corrected chi connectivity index (χ2v) is 5.20. The molecule has 0 aromatic heterocycles. The third kappa shape index (κ3) is 5.80. The number of aliphatic hydroxyl groups excluding tert-OH is 1. The highest BCUT2D eigenvalue weighted by molar-refractivity contribution is 6.31. The smallest absolute Gasteiger partial charge is 0.257 e. The number of ether oxygens (including phenoxy) is 1. The van der Waals surface area contributed by atoms with Gasteiger partial charge in [-0.2, -0.15) is 0 Å². The average molecular weight is 300 g/mol. The second-order valence-electron chi connectivity index (χ2n) is 4.79. The molecule has 0 radical (unpaired) electrons. The first kappa shape index (κ1) is 16.8. The van der Waals surface area contributed by atoms with E-state index in [9.17, 15) is 4.79 Å². The number of rotatable bonds is 8. The summed E-state index contributed by atoms with van der Waals surface area (Å²) in [6, 6.07) is 5.29. The van der Waals surface area contributed by atoms with Crippen LogP contribution in [0.25, 0.3) is 0 Å². The molecule has 2 N–H and O–H groups in total. The van der Waals surface area contributed by atoms with Crippen molar-refractivity contribution in [1.29, 1.82) is 0 Å². The van der Waals surface area contributed by atoms with E-state index in [0.29, 0.717) is 29.7 Å². The fourth-order valence-corrected chi connectivity index (χ4v) is 1.92. The summed E-state index contributed by atoms with van der Waals surface area (Å²) < 4.78 is 5.41. The van der Waals surface area contributed by atoms with Gasteiger partial charge in [-0.3, -0.25) is 4.79 Å². The van der Waals surface area contributed by atoms with Crippen LogP contribution >= 0.6 is 11.6 Å². The van der Waals surface area contributed by atoms with Crippen LogP contribution in [-0.2, 0) is 4.79 Å². The van der Waals surface area contributed by atoms with Gasteiger partial charge in [-0.25, -0.2) is 0 Å². The Hall–Kier alpha value is -1.26. The summed E-state index contributed by atoms with van der Waals surface area (Å²) in [7, 11) is 0. The van der Waals surface area contributed by atoms with Gasteiger partial charge in [0.25, 0.3) is 5.91 Å². The van der Waals surface area contributed by atoms with Gasteiger partial charge in [0.15, 0.2) is 6.61 Å². The van der Waals surface area contributed by atoms with Crippen LogP contribution in [-0.4, -0.2) is 30.8 Å². The average Bonchev–Trinajstić information content (AvgIpc) is 2.44. The van der Waals surface area contributed by atoms with Gasteiger partial charge in [0.2, 0.25) is 0 Å². The standard InChI is InChI=1S/C15H22ClNO3/c1-3-12(6-7-18)9-17-15(19)10-20-13-4-5-14(16)11(2)8-13/h4-5,8,12,18H,3,6-7,9-10H2,1-2H3,(H,17,19). The number of aliphatic hydroxyl groups is 1. The van der Waals surface area contributed by atoms with E-state index in [0.717, 1.165) is 12.0 Å². The third-order valence-corrected chi connectivity index (χ3v) is 3.63. The van der Waals surface area contributed by atoms with Crippen LogP contribution in [0, 0.1) is 12.8 Å². The first-order valence-corrected chi connectivity index (χ1v) is 7.21. The highest BCUT2D eigenvalue weighted by atomic mass is 35.5. The van der Waals surface area contributed by atoms with Crippen molar-refractivity contribution in [1.82, 2.24) is 5.32 Å². The van der Waals surface area contributed by atoms with E-state index < -0.39 is 0 Å². The summed E-state index contributed by atoms with van der Waals surface area (Å²) in [6.45, 7) is 4.62. The molecule has 0 bridgehead atoms. The summed E-state index contributed by atoms with van der Waals surface area (Å²) in [4.78, 5) is 11.7. The van der Waals surface area contributed by atoms with Crippen LogP contribution < -0.4 is 10.1 Å². The molecular formula is C15H22ClNO3. The summed E-state index contributed by atoms with van der Waals surface area (Å²) >= 11 is 5.92. The van der Waals surface area contributed by atoms with Gasteiger partial charge < -0.3 is 15.2 Å². The highest BCUT2D eigenvalue weighted by Crippen LogP contribution is 2.20. The van der Waals surface area contributed by atoms with Crippen LogP contribution in [0.5, 0.6) is 5.75 Å². The molecule has 5 heteroatoms. The number of carbonyl (C=O) groups is 1. The SMILES string of the molecule is CCC(CCO)CNC(=O)COc1ccc(Cl)c(C)c1. The van der Waals surface area contributed by atoms with E-state index in [-0.39, 0.29) is 19.1 Å². The molecule has 0 aliphatic heterocycles. The number of hydrogen-bond acceptors (Lipinski definition) is 3. The number of hydrogen-bond donors (Lipinski definition) is 2. The first-order valence-electron chi connectivity index (χ1n) is 6.83. The largest absolute Gasteiger partial charge is 0.484 e. The Kier molecular flexibility index (Phi) is 7.41. The normalized spacial score (nSPS) is 12.0. The van der Waals surface area contributed by atoms with Crippen molar-refractivity contribution in [3.63, 3.8) is 0 Å². The van der Waals surface area contributed by atoms with Gasteiger partial charge in [0, 0.05) is 18.2 Å². The van der Waals surface area contributed by atoms with Gasteiger partial charge in [-0.05, 0) is 43.0 Å². The lowest BCUT2D eigenvalue weighted by Gasteiger charge is -2.14. The topological polar surface area (TPSA) is 58.6 Å². The lowest BCUT2D eigenvalue weighted by atomic mass is 10.0. The van der Waals surface area contributed by atoms with E-state index in [4.69, 9.17) is 21.4 Å². The van der Waals surface area contributed by atoms with Gasteiger partial charge in [0.05, 0.1) is 0 Å². The molecule has 0 saturated heterocycles. The van der Waals surface area contributed by atoms with Crippen molar-refractivity contribution in [2.45, 2.75) is 26.7 Å². The number of benzene rings is 1. The van der Waals surface area contributed by atoms with E-state index >= 15 is 0 Å². The minimum absolute atomic E-state index is 0.0172. The zero-order valence-electron chi connectivity index (χ0n) is 12.0. The van der Waals surface area contributed by atoms with Gasteiger partial charge in [0.1, 0.15) is 5.75 Å². The number of aryl methyl sites for hydroxylation is 1. The molecule has 0 heterocycles. The zero-order valence-corrected chi connectivity index (χ0v) is 12.7. The maximum absolute atomic E-state index is 11.7. The molecule has 20 heavy (non-hydrogen) atoms. The van der Waals surface area contributed by atoms with Crippen molar-refractivity contribution in [3.8, 4) is 5.75 Å². The predicted molar refractivity (Wildman–Crippen MR) is 80.2 cm³/mol. The molecule has 1 aromatic carbocycles. The molecule has 1 atom stereocenters. The molecule has 1 unspecified atom stereocenters. The predicted octanol–water partition coefficient (Wildman–Crippen LogP) is 2.55. The molecule has 112 valence electrons. The Labute approximate surface area is 125 Å². The molecule has 0 spiro atoms. The van der Waals surface area contributed by atoms with Crippen LogP contribution in [0.3, 0.4) is 0 Å². The van der Waals surface area contributed by atoms with E-state index in [1.807, 2.05) is 13.8 Å². The quantitative estimate of drug-likeness (QED) is 0.775. The Balaban J connectivity index is 2.34. The van der Waals surface area contributed by atoms with Crippen LogP contribution in [0.1, 0.15) is 25.3 Å². The van der Waals surface area contributed by atoms with E-state index in [2.05, 4.69) is 5.32 Å². The molecular weight excluding hydrogens is 278 g/mol. The number of halogens is 1. The molecule has 1 amide bonds. The number of nitrogens with one attached hydrogen (secondary N) is 1. The first-order chi connectivity index (χ1) is 9.56. The Bertz CT molecular complexity index is 437. The fraction of sp³-hybridized carbons (Fsp3) is 0.533. The summed E-state index contributed by atoms with van der Waals surface area (Å²) in [5.74, 6) is 0.778. The van der Waals surface area contributed by atoms with Gasteiger partial charge >= 0.3 is 0 Å². The zero-order chi connectivity index (χ0) is 15.0. The Morgan fingerprint density at radius 3 is 2.85 bits per heavy atom. The van der Waals surface area contributed by atoms with E-state index in [1.54, 1.807) is 18.2 Å².